The Balaban J connectivity index is 1.63. The van der Waals surface area contributed by atoms with E-state index in [1.165, 1.54) is 30.5 Å². The molecule has 4 rings (SSSR count). The molecule has 1 aliphatic rings. The van der Waals surface area contributed by atoms with Crippen molar-refractivity contribution in [2.75, 3.05) is 19.6 Å². The number of nitrogens with one attached hydrogen (secondary N) is 1. The molecule has 0 aliphatic carbocycles. The molecule has 8 nitrogen and oxygen atoms in total. The molecular weight excluding hydrogens is 332 g/mol. The van der Waals surface area contributed by atoms with Gasteiger partial charge in [0.15, 0.2) is 11.2 Å². The fraction of sp³-hybridized carbons (Fsp3) is 0.611. The first-order valence-electron chi connectivity index (χ1n) is 9.35. The second kappa shape index (κ2) is 6.42. The molecule has 1 aliphatic heterocycles. The van der Waals surface area contributed by atoms with E-state index >= 15 is 0 Å². The van der Waals surface area contributed by atoms with Gasteiger partial charge < -0.3 is 9.47 Å². The van der Waals surface area contributed by atoms with Crippen LogP contribution in [0.5, 0.6) is 0 Å². The standard InChI is InChI=1S/C18H26N6O2/c1-12-6-4-7-22(10-12)8-5-9-23-13(2)11-24-14-15(19-17(23)24)21(3)18(26)20-16(14)25/h11-12H,4-10H2,1-3H3,(H,20,25,26). The van der Waals surface area contributed by atoms with E-state index in [-0.39, 0.29) is 0 Å². The lowest BCUT2D eigenvalue weighted by Gasteiger charge is -2.30. The van der Waals surface area contributed by atoms with E-state index in [0.29, 0.717) is 11.2 Å². The predicted octanol–water partition coefficient (Wildman–Crippen LogP) is 1.11. The first kappa shape index (κ1) is 17.1. The Morgan fingerprint density at radius 3 is 2.88 bits per heavy atom. The quantitative estimate of drug-likeness (QED) is 0.758. The van der Waals surface area contributed by atoms with Gasteiger partial charge in [0.1, 0.15) is 0 Å². The number of rotatable bonds is 4. The Bertz CT molecular complexity index is 1070. The minimum atomic E-state index is -0.439. The molecular formula is C18H26N6O2. The highest BCUT2D eigenvalue weighted by Crippen LogP contribution is 2.18. The second-order valence-corrected chi connectivity index (χ2v) is 7.60. The van der Waals surface area contributed by atoms with Gasteiger partial charge in [-0.25, -0.2) is 4.79 Å². The van der Waals surface area contributed by atoms with Crippen molar-refractivity contribution >= 4 is 16.9 Å². The van der Waals surface area contributed by atoms with Crippen molar-refractivity contribution in [3.63, 3.8) is 0 Å². The molecule has 4 heterocycles. The molecule has 1 N–H and O–H groups in total. The lowest BCUT2D eigenvalue weighted by molar-refractivity contribution is 0.180. The third kappa shape index (κ3) is 2.78. The number of piperidine rings is 1. The molecule has 3 aromatic heterocycles. The van der Waals surface area contributed by atoms with Crippen molar-refractivity contribution in [3.05, 3.63) is 32.7 Å². The summed E-state index contributed by atoms with van der Waals surface area (Å²) in [5.74, 6) is 1.51. The molecule has 0 amide bonds. The summed E-state index contributed by atoms with van der Waals surface area (Å²) in [7, 11) is 1.63. The van der Waals surface area contributed by atoms with E-state index in [4.69, 9.17) is 0 Å². The van der Waals surface area contributed by atoms with Gasteiger partial charge in [0, 0.05) is 32.0 Å². The molecule has 0 aromatic carbocycles. The average Bonchev–Trinajstić information content (AvgIpc) is 3.09. The maximum Gasteiger partial charge on any atom is 0.329 e. The van der Waals surface area contributed by atoms with Crippen LogP contribution in [0.4, 0.5) is 0 Å². The third-order valence-electron chi connectivity index (χ3n) is 5.51. The molecule has 3 aromatic rings. The number of hydrogen-bond donors (Lipinski definition) is 1. The molecule has 1 fully saturated rings. The smallest absolute Gasteiger partial charge is 0.314 e. The summed E-state index contributed by atoms with van der Waals surface area (Å²) in [6.07, 6.45) is 5.59. The van der Waals surface area contributed by atoms with Crippen molar-refractivity contribution in [3.8, 4) is 0 Å². The number of hydrogen-bond acceptors (Lipinski definition) is 4. The maximum absolute atomic E-state index is 12.3. The SMILES string of the molecule is Cc1cn2c3c(=O)[nH]c(=O)n(C)c3nc2n1CCCN1CCCC(C)C1. The van der Waals surface area contributed by atoms with Gasteiger partial charge in [-0.2, -0.15) is 4.98 Å². The summed E-state index contributed by atoms with van der Waals surface area (Å²) in [5, 5.41) is 0. The number of nitrogens with zero attached hydrogens (tertiary/aromatic N) is 5. The maximum atomic E-state index is 12.3. The number of imidazole rings is 2. The van der Waals surface area contributed by atoms with Crippen molar-refractivity contribution in [2.45, 2.75) is 39.7 Å². The van der Waals surface area contributed by atoms with E-state index in [1.807, 2.05) is 13.1 Å². The fourth-order valence-corrected chi connectivity index (χ4v) is 4.14. The molecule has 1 saturated heterocycles. The average molecular weight is 358 g/mol. The van der Waals surface area contributed by atoms with Crippen LogP contribution in [0.3, 0.4) is 0 Å². The van der Waals surface area contributed by atoms with Crippen LogP contribution in [-0.4, -0.2) is 48.0 Å². The van der Waals surface area contributed by atoms with Gasteiger partial charge in [0.05, 0.1) is 0 Å². The molecule has 26 heavy (non-hydrogen) atoms. The Morgan fingerprint density at radius 2 is 2.12 bits per heavy atom. The molecule has 0 spiro atoms. The highest BCUT2D eigenvalue weighted by atomic mass is 16.2. The largest absolute Gasteiger partial charge is 0.329 e. The topological polar surface area (TPSA) is 80.3 Å². The second-order valence-electron chi connectivity index (χ2n) is 7.60. The van der Waals surface area contributed by atoms with Crippen LogP contribution in [0.2, 0.25) is 0 Å². The van der Waals surface area contributed by atoms with Gasteiger partial charge >= 0.3 is 5.69 Å². The summed E-state index contributed by atoms with van der Waals surface area (Å²) in [6, 6.07) is 0. The normalized spacial score (nSPS) is 19.0. The fourth-order valence-electron chi connectivity index (χ4n) is 4.14. The molecule has 0 bridgehead atoms. The molecule has 1 unspecified atom stereocenters. The molecule has 0 saturated carbocycles. The van der Waals surface area contributed by atoms with Gasteiger partial charge in [-0.3, -0.25) is 18.7 Å². The van der Waals surface area contributed by atoms with Crippen LogP contribution >= 0.6 is 0 Å². The van der Waals surface area contributed by atoms with E-state index in [0.717, 1.165) is 36.9 Å². The molecule has 0 radical (unpaired) electrons. The Labute approximate surface area is 151 Å². The number of likely N-dealkylation sites (tertiary alicyclic amines) is 1. The third-order valence-corrected chi connectivity index (χ3v) is 5.51. The zero-order chi connectivity index (χ0) is 18.4. The highest BCUT2D eigenvalue weighted by molar-refractivity contribution is 5.75. The van der Waals surface area contributed by atoms with E-state index in [9.17, 15) is 9.59 Å². The monoisotopic (exact) mass is 358 g/mol. The summed E-state index contributed by atoms with van der Waals surface area (Å²) < 4.78 is 5.32. The van der Waals surface area contributed by atoms with Gasteiger partial charge in [-0.05, 0) is 45.2 Å². The summed E-state index contributed by atoms with van der Waals surface area (Å²) in [6.45, 7) is 8.65. The van der Waals surface area contributed by atoms with Crippen molar-refractivity contribution in [1.82, 2.24) is 28.4 Å². The van der Waals surface area contributed by atoms with Crippen LogP contribution < -0.4 is 11.2 Å². The van der Waals surface area contributed by atoms with Crippen LogP contribution in [0, 0.1) is 12.8 Å². The minimum Gasteiger partial charge on any atom is -0.314 e. The first-order valence-corrected chi connectivity index (χ1v) is 9.35. The van der Waals surface area contributed by atoms with Crippen LogP contribution in [0.15, 0.2) is 15.8 Å². The number of aryl methyl sites for hydroxylation is 3. The van der Waals surface area contributed by atoms with Gasteiger partial charge in [0.2, 0.25) is 5.78 Å². The van der Waals surface area contributed by atoms with Crippen LogP contribution in [0.1, 0.15) is 31.9 Å². The number of aromatic nitrogens is 5. The molecule has 1 atom stereocenters. The lowest BCUT2D eigenvalue weighted by atomic mass is 10.0. The summed E-state index contributed by atoms with van der Waals surface area (Å²) in [5.41, 5.74) is 1.08. The predicted molar refractivity (Wildman–Crippen MR) is 101 cm³/mol. The number of fused-ring (bicyclic) bond motifs is 3. The summed E-state index contributed by atoms with van der Waals surface area (Å²) >= 11 is 0. The molecule has 8 heteroatoms. The van der Waals surface area contributed by atoms with Gasteiger partial charge in [0.25, 0.3) is 5.56 Å². The van der Waals surface area contributed by atoms with Gasteiger partial charge in [-0.15, -0.1) is 0 Å². The zero-order valence-corrected chi connectivity index (χ0v) is 15.7. The van der Waals surface area contributed by atoms with E-state index < -0.39 is 11.2 Å². The summed E-state index contributed by atoms with van der Waals surface area (Å²) in [4.78, 5) is 33.6. The van der Waals surface area contributed by atoms with Crippen LogP contribution in [0.25, 0.3) is 16.9 Å². The number of H-pyrrole nitrogens is 1. The zero-order valence-electron chi connectivity index (χ0n) is 15.7. The first-order chi connectivity index (χ1) is 12.5. The molecule has 140 valence electrons. The highest BCUT2D eigenvalue weighted by Gasteiger charge is 2.18. The van der Waals surface area contributed by atoms with E-state index in [1.54, 1.807) is 11.4 Å². The van der Waals surface area contributed by atoms with E-state index in [2.05, 4.69) is 26.4 Å². The van der Waals surface area contributed by atoms with Crippen molar-refractivity contribution < 1.29 is 0 Å². The van der Waals surface area contributed by atoms with Crippen molar-refractivity contribution in [2.24, 2.45) is 13.0 Å². The van der Waals surface area contributed by atoms with Crippen molar-refractivity contribution in [1.29, 1.82) is 0 Å². The number of aromatic amines is 1. The van der Waals surface area contributed by atoms with Gasteiger partial charge in [-0.1, -0.05) is 6.92 Å². The Hall–Kier alpha value is -2.35. The minimum absolute atomic E-state index is 0.393. The lowest BCUT2D eigenvalue weighted by Crippen LogP contribution is -2.35. The Kier molecular flexibility index (Phi) is 4.22. The van der Waals surface area contributed by atoms with Crippen LogP contribution in [-0.2, 0) is 13.6 Å². The Morgan fingerprint density at radius 1 is 1.31 bits per heavy atom.